The Morgan fingerprint density at radius 2 is 2.16 bits per heavy atom. The summed E-state index contributed by atoms with van der Waals surface area (Å²) in [5, 5.41) is 0. The van der Waals surface area contributed by atoms with Crippen LogP contribution in [0.25, 0.3) is 0 Å². The van der Waals surface area contributed by atoms with Crippen molar-refractivity contribution in [3.63, 3.8) is 0 Å². The molecule has 1 aliphatic rings. The normalized spacial score (nSPS) is 20.6. The van der Waals surface area contributed by atoms with Gasteiger partial charge in [-0.15, -0.1) is 0 Å². The molecule has 0 N–H and O–H groups in total. The molecule has 0 spiro atoms. The maximum atomic E-state index is 5.49. The lowest BCUT2D eigenvalue weighted by atomic mass is 9.95. The fourth-order valence-electron chi connectivity index (χ4n) is 2.87. The van der Waals surface area contributed by atoms with Crippen LogP contribution in [0.15, 0.2) is 51.6 Å². The average molecular weight is 320 g/mol. The number of likely N-dealkylation sites (tertiary alicyclic amines) is 1. The van der Waals surface area contributed by atoms with Crippen molar-refractivity contribution in [2.45, 2.75) is 31.8 Å². The topological polar surface area (TPSA) is 16.4 Å². The summed E-state index contributed by atoms with van der Waals surface area (Å²) >= 11 is 3.57. The summed E-state index contributed by atoms with van der Waals surface area (Å²) in [6, 6.07) is 13.2. The molecule has 1 atom stereocenters. The van der Waals surface area contributed by atoms with Crippen molar-refractivity contribution in [2.24, 2.45) is 0 Å². The Balaban J connectivity index is 1.80. The number of hydrogen-bond acceptors (Lipinski definition) is 2. The Bertz CT molecular complexity index is 523. The molecule has 2 nitrogen and oxygen atoms in total. The molecule has 1 aromatic heterocycles. The monoisotopic (exact) mass is 319 g/mol. The van der Waals surface area contributed by atoms with E-state index in [4.69, 9.17) is 4.42 Å². The van der Waals surface area contributed by atoms with Crippen molar-refractivity contribution in [3.05, 3.63) is 58.5 Å². The maximum Gasteiger partial charge on any atom is 0.117 e. The van der Waals surface area contributed by atoms with Gasteiger partial charge in [0.25, 0.3) is 0 Å². The second-order valence-electron chi connectivity index (χ2n) is 5.12. The highest BCUT2D eigenvalue weighted by molar-refractivity contribution is 9.10. The quantitative estimate of drug-likeness (QED) is 0.810. The van der Waals surface area contributed by atoms with E-state index in [1.807, 2.05) is 6.07 Å². The van der Waals surface area contributed by atoms with Gasteiger partial charge in [-0.25, -0.2) is 0 Å². The molecule has 0 aliphatic carbocycles. The van der Waals surface area contributed by atoms with Crippen LogP contribution in [0, 0.1) is 0 Å². The van der Waals surface area contributed by atoms with Gasteiger partial charge in [-0.1, -0.05) is 34.5 Å². The summed E-state index contributed by atoms with van der Waals surface area (Å²) in [6.07, 6.45) is 5.58. The lowest BCUT2D eigenvalue weighted by Crippen LogP contribution is -2.32. The van der Waals surface area contributed by atoms with Gasteiger partial charge in [-0.3, -0.25) is 4.90 Å². The van der Waals surface area contributed by atoms with Gasteiger partial charge >= 0.3 is 0 Å². The first-order valence-corrected chi connectivity index (χ1v) is 7.64. The summed E-state index contributed by atoms with van der Waals surface area (Å²) in [6.45, 7) is 2.06. The first-order valence-electron chi connectivity index (χ1n) is 6.85. The molecule has 1 aromatic carbocycles. The van der Waals surface area contributed by atoms with Gasteiger partial charge in [0.05, 0.1) is 12.8 Å². The second kappa shape index (κ2) is 5.93. The van der Waals surface area contributed by atoms with E-state index in [0.29, 0.717) is 6.04 Å². The van der Waals surface area contributed by atoms with E-state index in [9.17, 15) is 0 Å². The van der Waals surface area contributed by atoms with Crippen molar-refractivity contribution in [1.29, 1.82) is 0 Å². The van der Waals surface area contributed by atoms with Crippen molar-refractivity contribution in [1.82, 2.24) is 4.90 Å². The molecule has 1 saturated heterocycles. The van der Waals surface area contributed by atoms with Gasteiger partial charge < -0.3 is 4.42 Å². The lowest BCUT2D eigenvalue weighted by Gasteiger charge is -2.35. The largest absolute Gasteiger partial charge is 0.468 e. The molecule has 0 bridgehead atoms. The van der Waals surface area contributed by atoms with E-state index in [1.54, 1.807) is 6.26 Å². The third-order valence-corrected chi connectivity index (χ3v) is 4.28. The Kier molecular flexibility index (Phi) is 4.04. The van der Waals surface area contributed by atoms with Gasteiger partial charge in [0.1, 0.15) is 5.76 Å². The highest BCUT2D eigenvalue weighted by Gasteiger charge is 2.24. The third-order valence-electron chi connectivity index (χ3n) is 3.79. The van der Waals surface area contributed by atoms with E-state index in [-0.39, 0.29) is 0 Å². The van der Waals surface area contributed by atoms with Crippen molar-refractivity contribution in [2.75, 3.05) is 6.54 Å². The minimum Gasteiger partial charge on any atom is -0.468 e. The Labute approximate surface area is 122 Å². The van der Waals surface area contributed by atoms with Crippen molar-refractivity contribution < 1.29 is 4.42 Å². The minimum atomic E-state index is 0.511. The smallest absolute Gasteiger partial charge is 0.117 e. The van der Waals surface area contributed by atoms with Gasteiger partial charge in [0, 0.05) is 10.5 Å². The van der Waals surface area contributed by atoms with E-state index < -0.39 is 0 Å². The van der Waals surface area contributed by atoms with Gasteiger partial charge in [0.15, 0.2) is 0 Å². The number of benzene rings is 1. The van der Waals surface area contributed by atoms with Crippen molar-refractivity contribution in [3.8, 4) is 0 Å². The van der Waals surface area contributed by atoms with Crippen LogP contribution < -0.4 is 0 Å². The molecule has 3 heteroatoms. The molecule has 2 heterocycles. The van der Waals surface area contributed by atoms with Crippen LogP contribution in [0.2, 0.25) is 0 Å². The lowest BCUT2D eigenvalue weighted by molar-refractivity contribution is 0.130. The molecule has 1 fully saturated rings. The number of piperidine rings is 1. The van der Waals surface area contributed by atoms with E-state index in [0.717, 1.165) is 23.3 Å². The zero-order valence-corrected chi connectivity index (χ0v) is 12.5. The van der Waals surface area contributed by atoms with Crippen LogP contribution in [0.4, 0.5) is 0 Å². The minimum absolute atomic E-state index is 0.511. The van der Waals surface area contributed by atoms with Crippen LogP contribution in [0.3, 0.4) is 0 Å². The Morgan fingerprint density at radius 3 is 2.95 bits per heavy atom. The standard InChI is InChI=1S/C16H18BrNO/c17-14-6-3-5-13(11-14)16-8-1-2-9-18(16)12-15-7-4-10-19-15/h3-7,10-11,16H,1-2,8-9,12H2. The zero-order chi connectivity index (χ0) is 13.1. The number of nitrogens with zero attached hydrogens (tertiary/aromatic N) is 1. The first-order chi connectivity index (χ1) is 9.33. The number of hydrogen-bond donors (Lipinski definition) is 0. The van der Waals surface area contributed by atoms with E-state index in [2.05, 4.69) is 51.2 Å². The Hall–Kier alpha value is -1.06. The predicted molar refractivity (Wildman–Crippen MR) is 79.9 cm³/mol. The van der Waals surface area contributed by atoms with Crippen LogP contribution in [0.5, 0.6) is 0 Å². The van der Waals surface area contributed by atoms with E-state index >= 15 is 0 Å². The molecular weight excluding hydrogens is 302 g/mol. The molecule has 3 rings (SSSR count). The predicted octanol–water partition coefficient (Wildman–Crippen LogP) is 4.77. The summed E-state index contributed by atoms with van der Waals surface area (Å²) in [5.41, 5.74) is 1.40. The zero-order valence-electron chi connectivity index (χ0n) is 10.9. The molecule has 0 saturated carbocycles. The van der Waals surface area contributed by atoms with E-state index in [1.165, 1.54) is 24.8 Å². The number of halogens is 1. The molecule has 2 aromatic rings. The molecule has 0 radical (unpaired) electrons. The maximum absolute atomic E-state index is 5.49. The average Bonchev–Trinajstić information content (AvgIpc) is 2.92. The van der Waals surface area contributed by atoms with Gasteiger partial charge in [-0.05, 0) is 49.2 Å². The van der Waals surface area contributed by atoms with Gasteiger partial charge in [0.2, 0.25) is 0 Å². The summed E-state index contributed by atoms with van der Waals surface area (Å²) in [5.74, 6) is 1.06. The van der Waals surface area contributed by atoms with Crippen LogP contribution >= 0.6 is 15.9 Å². The van der Waals surface area contributed by atoms with Crippen LogP contribution in [-0.4, -0.2) is 11.4 Å². The molecule has 1 aliphatic heterocycles. The third kappa shape index (κ3) is 3.10. The number of furan rings is 1. The highest BCUT2D eigenvalue weighted by atomic mass is 79.9. The highest BCUT2D eigenvalue weighted by Crippen LogP contribution is 2.33. The van der Waals surface area contributed by atoms with Crippen LogP contribution in [0.1, 0.15) is 36.6 Å². The van der Waals surface area contributed by atoms with Gasteiger partial charge in [-0.2, -0.15) is 0 Å². The fraction of sp³-hybridized carbons (Fsp3) is 0.375. The number of rotatable bonds is 3. The Morgan fingerprint density at radius 1 is 1.21 bits per heavy atom. The molecule has 0 amide bonds. The fourth-order valence-corrected chi connectivity index (χ4v) is 3.29. The first kappa shape index (κ1) is 12.9. The molecule has 100 valence electrons. The second-order valence-corrected chi connectivity index (χ2v) is 6.03. The summed E-state index contributed by atoms with van der Waals surface area (Å²) in [7, 11) is 0. The summed E-state index contributed by atoms with van der Waals surface area (Å²) < 4.78 is 6.65. The summed E-state index contributed by atoms with van der Waals surface area (Å²) in [4.78, 5) is 2.53. The molecular formula is C16H18BrNO. The SMILES string of the molecule is Brc1cccc(C2CCCCN2Cc2ccco2)c1. The molecule has 1 unspecified atom stereocenters. The van der Waals surface area contributed by atoms with Crippen LogP contribution in [-0.2, 0) is 6.54 Å². The van der Waals surface area contributed by atoms with Crippen molar-refractivity contribution >= 4 is 15.9 Å². The molecule has 19 heavy (non-hydrogen) atoms.